The number of rotatable bonds is 7. The molecule has 0 unspecified atom stereocenters. The van der Waals surface area contributed by atoms with Gasteiger partial charge in [-0.05, 0) is 48.0 Å². The maximum atomic E-state index is 11.5. The number of carbonyl (C=O) groups is 1. The molecular formula is C25H18N6O3. The molecule has 0 bridgehead atoms. The van der Waals surface area contributed by atoms with E-state index >= 15 is 0 Å². The molecule has 0 saturated carbocycles. The fourth-order valence-electron chi connectivity index (χ4n) is 3.00. The van der Waals surface area contributed by atoms with E-state index in [9.17, 15) is 4.79 Å². The Morgan fingerprint density at radius 1 is 1.00 bits per heavy atom. The first-order chi connectivity index (χ1) is 16.6. The van der Waals surface area contributed by atoms with Gasteiger partial charge < -0.3 is 20.5 Å². The third kappa shape index (κ3) is 5.15. The van der Waals surface area contributed by atoms with E-state index in [-0.39, 0.29) is 17.6 Å². The van der Waals surface area contributed by atoms with E-state index in [1.807, 2.05) is 0 Å². The average Bonchev–Trinajstić information content (AvgIpc) is 2.85. The van der Waals surface area contributed by atoms with Gasteiger partial charge in [0.1, 0.15) is 29.4 Å². The van der Waals surface area contributed by atoms with E-state index in [2.05, 4.69) is 32.9 Å². The second-order valence-electron chi connectivity index (χ2n) is 6.91. The lowest BCUT2D eigenvalue weighted by molar-refractivity contribution is -0.111. The maximum Gasteiger partial charge on any atom is 0.247 e. The topological polar surface area (TPSA) is 136 Å². The number of nitriles is 1. The molecule has 166 valence electrons. The maximum absolute atomic E-state index is 11.5. The largest absolute Gasteiger partial charge is 0.457 e. The van der Waals surface area contributed by atoms with Crippen molar-refractivity contribution in [2.75, 3.05) is 11.1 Å². The molecule has 0 radical (unpaired) electrons. The van der Waals surface area contributed by atoms with Gasteiger partial charge in [-0.2, -0.15) is 5.26 Å². The molecule has 9 nitrogen and oxygen atoms in total. The Hall–Kier alpha value is -5.23. The molecule has 1 amide bonds. The normalized spacial score (nSPS) is 10.1. The molecular weight excluding hydrogens is 432 g/mol. The third-order valence-corrected chi connectivity index (χ3v) is 4.58. The summed E-state index contributed by atoms with van der Waals surface area (Å²) in [6, 6.07) is 17.6. The van der Waals surface area contributed by atoms with Gasteiger partial charge in [0.05, 0.1) is 35.3 Å². The summed E-state index contributed by atoms with van der Waals surface area (Å²) in [5.74, 6) is 1.64. The van der Waals surface area contributed by atoms with Crippen LogP contribution in [0.1, 0.15) is 5.56 Å². The van der Waals surface area contributed by atoms with Crippen molar-refractivity contribution in [3.8, 4) is 40.3 Å². The van der Waals surface area contributed by atoms with Crippen molar-refractivity contribution in [2.45, 2.75) is 0 Å². The zero-order valence-corrected chi connectivity index (χ0v) is 17.8. The number of carbonyl (C=O) groups excluding carboxylic acids is 1. The molecule has 4 aromatic rings. The van der Waals surface area contributed by atoms with E-state index in [1.54, 1.807) is 54.6 Å². The van der Waals surface area contributed by atoms with Crippen LogP contribution in [-0.4, -0.2) is 20.9 Å². The molecule has 0 saturated heterocycles. The van der Waals surface area contributed by atoms with E-state index in [0.29, 0.717) is 39.6 Å². The first-order valence-electron chi connectivity index (χ1n) is 10.0. The van der Waals surface area contributed by atoms with Gasteiger partial charge in [-0.1, -0.05) is 18.7 Å². The molecule has 34 heavy (non-hydrogen) atoms. The Bertz CT molecular complexity index is 1380. The highest BCUT2D eigenvalue weighted by atomic mass is 16.5. The van der Waals surface area contributed by atoms with Gasteiger partial charge in [0.2, 0.25) is 11.8 Å². The number of nitrogen functional groups attached to an aromatic ring is 1. The number of nitrogens with zero attached hydrogens (tertiary/aromatic N) is 4. The van der Waals surface area contributed by atoms with Crippen LogP contribution >= 0.6 is 0 Å². The summed E-state index contributed by atoms with van der Waals surface area (Å²) in [7, 11) is 0. The summed E-state index contributed by atoms with van der Waals surface area (Å²) < 4.78 is 11.7. The molecule has 2 heterocycles. The van der Waals surface area contributed by atoms with Crippen LogP contribution in [0.25, 0.3) is 11.1 Å². The fraction of sp³-hybridized carbons (Fsp3) is 0. The van der Waals surface area contributed by atoms with Gasteiger partial charge >= 0.3 is 0 Å². The van der Waals surface area contributed by atoms with Crippen molar-refractivity contribution in [1.29, 1.82) is 5.26 Å². The van der Waals surface area contributed by atoms with Crippen molar-refractivity contribution < 1.29 is 14.3 Å². The van der Waals surface area contributed by atoms with Crippen LogP contribution in [0.4, 0.5) is 11.5 Å². The lowest BCUT2D eigenvalue weighted by atomic mass is 10.1. The van der Waals surface area contributed by atoms with E-state index in [4.69, 9.17) is 20.5 Å². The van der Waals surface area contributed by atoms with E-state index < -0.39 is 0 Å². The van der Waals surface area contributed by atoms with Gasteiger partial charge in [-0.15, -0.1) is 0 Å². The van der Waals surface area contributed by atoms with Gasteiger partial charge in [0, 0.05) is 6.07 Å². The highest BCUT2D eigenvalue weighted by Gasteiger charge is 2.15. The van der Waals surface area contributed by atoms with Crippen molar-refractivity contribution in [3.63, 3.8) is 0 Å². The minimum atomic E-state index is -0.366. The van der Waals surface area contributed by atoms with Crippen molar-refractivity contribution in [3.05, 3.63) is 91.5 Å². The Morgan fingerprint density at radius 3 is 2.38 bits per heavy atom. The van der Waals surface area contributed by atoms with Crippen molar-refractivity contribution in [2.24, 2.45) is 0 Å². The smallest absolute Gasteiger partial charge is 0.247 e. The second kappa shape index (κ2) is 9.93. The summed E-state index contributed by atoms with van der Waals surface area (Å²) in [6.45, 7) is 3.42. The van der Waals surface area contributed by atoms with Gasteiger partial charge in [-0.25, -0.2) is 9.97 Å². The average molecular weight is 450 g/mol. The van der Waals surface area contributed by atoms with Gasteiger partial charge in [0.15, 0.2) is 0 Å². The number of anilines is 2. The van der Waals surface area contributed by atoms with Crippen molar-refractivity contribution in [1.82, 2.24) is 15.0 Å². The highest BCUT2D eigenvalue weighted by Crippen LogP contribution is 2.36. The molecule has 0 aliphatic carbocycles. The van der Waals surface area contributed by atoms with Gasteiger partial charge in [-0.3, -0.25) is 9.78 Å². The lowest BCUT2D eigenvalue weighted by Gasteiger charge is -2.13. The molecule has 9 heteroatoms. The van der Waals surface area contributed by atoms with Crippen LogP contribution in [0, 0.1) is 11.3 Å². The number of benzene rings is 2. The molecule has 0 atom stereocenters. The zero-order valence-electron chi connectivity index (χ0n) is 17.8. The second-order valence-corrected chi connectivity index (χ2v) is 6.91. The summed E-state index contributed by atoms with van der Waals surface area (Å²) >= 11 is 0. The number of hydrogen-bond donors (Lipinski definition) is 2. The van der Waals surface area contributed by atoms with Crippen LogP contribution in [0.3, 0.4) is 0 Å². The number of aromatic nitrogens is 3. The standard InChI is InChI=1S/C25H18N6O3/c1-2-22(32)31-18-11-21(14-28-13-18)34-25-23(24(27)29-15-30-25)17-5-9-20(10-6-17)33-19-7-3-16(12-26)4-8-19/h2-11,13-15H,1H2,(H,31,32)(H2,27,29,30). The summed E-state index contributed by atoms with van der Waals surface area (Å²) in [5, 5.41) is 11.5. The molecule has 0 aliphatic heterocycles. The predicted octanol–water partition coefficient (Wildman–Crippen LogP) is 4.70. The molecule has 0 spiro atoms. The zero-order chi connectivity index (χ0) is 23.9. The predicted molar refractivity (Wildman–Crippen MR) is 126 cm³/mol. The van der Waals surface area contributed by atoms with Gasteiger partial charge in [0.25, 0.3) is 0 Å². The Kier molecular flexibility index (Phi) is 6.42. The van der Waals surface area contributed by atoms with E-state index in [0.717, 1.165) is 6.08 Å². The van der Waals surface area contributed by atoms with Crippen LogP contribution in [0.2, 0.25) is 0 Å². The summed E-state index contributed by atoms with van der Waals surface area (Å²) in [4.78, 5) is 23.9. The van der Waals surface area contributed by atoms with Crippen LogP contribution < -0.4 is 20.5 Å². The molecule has 4 rings (SSSR count). The number of hydrogen-bond acceptors (Lipinski definition) is 8. The third-order valence-electron chi connectivity index (χ3n) is 4.58. The van der Waals surface area contributed by atoms with Crippen molar-refractivity contribution >= 4 is 17.4 Å². The molecule has 2 aromatic heterocycles. The van der Waals surface area contributed by atoms with Crippen LogP contribution in [0.5, 0.6) is 23.1 Å². The van der Waals surface area contributed by atoms with Crippen LogP contribution in [-0.2, 0) is 4.79 Å². The Balaban J connectivity index is 1.57. The number of nitrogens with two attached hydrogens (primary N) is 1. The molecule has 0 fully saturated rings. The number of nitrogens with one attached hydrogen (secondary N) is 1. The monoisotopic (exact) mass is 450 g/mol. The first kappa shape index (κ1) is 22.0. The fourth-order valence-corrected chi connectivity index (χ4v) is 3.00. The minimum absolute atomic E-state index is 0.224. The Morgan fingerprint density at radius 2 is 1.71 bits per heavy atom. The SMILES string of the molecule is C=CC(=O)Nc1cncc(Oc2ncnc(N)c2-c2ccc(Oc3ccc(C#N)cc3)cc2)c1. The quantitative estimate of drug-likeness (QED) is 0.387. The number of ether oxygens (including phenoxy) is 2. The molecule has 2 aromatic carbocycles. The first-order valence-corrected chi connectivity index (χ1v) is 10.0. The highest BCUT2D eigenvalue weighted by molar-refractivity contribution is 5.98. The number of amides is 1. The molecule has 3 N–H and O–H groups in total. The summed E-state index contributed by atoms with van der Waals surface area (Å²) in [6.07, 6.45) is 5.43. The van der Waals surface area contributed by atoms with E-state index in [1.165, 1.54) is 18.7 Å². The minimum Gasteiger partial charge on any atom is -0.457 e. The van der Waals surface area contributed by atoms with Crippen LogP contribution in [0.15, 0.2) is 86.0 Å². The lowest BCUT2D eigenvalue weighted by Crippen LogP contribution is -2.07. The summed E-state index contributed by atoms with van der Waals surface area (Å²) in [5.41, 5.74) is 8.34. The Labute approximate surface area is 195 Å². The molecule has 0 aliphatic rings. The number of pyridine rings is 1.